The third-order valence-corrected chi connectivity index (χ3v) is 4.47. The normalized spacial score (nSPS) is 15.8. The minimum absolute atomic E-state index is 0.0246. The van der Waals surface area contributed by atoms with Crippen molar-refractivity contribution in [3.8, 4) is 5.69 Å². The second-order valence-corrected chi connectivity index (χ2v) is 6.15. The summed E-state index contributed by atoms with van der Waals surface area (Å²) in [5, 5.41) is 10.6. The lowest BCUT2D eigenvalue weighted by Gasteiger charge is -2.08. The monoisotopic (exact) mass is 355 g/mol. The molecular weight excluding hydrogens is 342 g/mol. The van der Waals surface area contributed by atoms with Crippen molar-refractivity contribution in [2.45, 2.75) is 0 Å². The molecule has 1 aromatic heterocycles. The van der Waals surface area contributed by atoms with Crippen LogP contribution in [0.2, 0.25) is 0 Å². The van der Waals surface area contributed by atoms with Crippen LogP contribution in [0, 0.1) is 10.1 Å². The van der Waals surface area contributed by atoms with Gasteiger partial charge in [-0.05, 0) is 36.0 Å². The standard InChI is InChI=1S/C17H13N3O4S/c1-2-8-19-16(21)15(25-17(19)22)11-13-7-4-9-18(13)12-5-3-6-14(10-12)20(23)24/h2-7,9-11H,1,8H2/b15-11-. The molecule has 126 valence electrons. The molecule has 1 aliphatic rings. The Morgan fingerprint density at radius 2 is 2.04 bits per heavy atom. The second kappa shape index (κ2) is 6.78. The van der Waals surface area contributed by atoms with E-state index in [2.05, 4.69) is 6.58 Å². The van der Waals surface area contributed by atoms with Gasteiger partial charge in [-0.1, -0.05) is 12.1 Å². The quantitative estimate of drug-likeness (QED) is 0.354. The summed E-state index contributed by atoms with van der Waals surface area (Å²) in [6.45, 7) is 3.70. The summed E-state index contributed by atoms with van der Waals surface area (Å²) in [5.74, 6) is -0.373. The maximum atomic E-state index is 12.3. The molecule has 8 heteroatoms. The number of benzene rings is 1. The maximum Gasteiger partial charge on any atom is 0.293 e. The Labute approximate surface area is 147 Å². The van der Waals surface area contributed by atoms with Gasteiger partial charge in [-0.3, -0.25) is 24.6 Å². The van der Waals surface area contributed by atoms with E-state index in [0.29, 0.717) is 16.3 Å². The van der Waals surface area contributed by atoms with Crippen LogP contribution in [0.4, 0.5) is 10.5 Å². The Bertz CT molecular complexity index is 916. The molecule has 2 amide bonds. The molecule has 1 saturated heterocycles. The molecule has 1 aromatic carbocycles. The number of thioether (sulfide) groups is 1. The number of nitrogens with zero attached hydrogens (tertiary/aromatic N) is 3. The number of carbonyl (C=O) groups is 2. The lowest BCUT2D eigenvalue weighted by atomic mass is 10.2. The van der Waals surface area contributed by atoms with E-state index in [1.54, 1.807) is 41.1 Å². The van der Waals surface area contributed by atoms with Crippen LogP contribution in [-0.4, -0.2) is 32.1 Å². The number of hydrogen-bond donors (Lipinski definition) is 0. The molecule has 3 rings (SSSR count). The number of non-ortho nitro benzene ring substituents is 1. The number of nitro benzene ring substituents is 1. The topological polar surface area (TPSA) is 85.4 Å². The van der Waals surface area contributed by atoms with E-state index < -0.39 is 4.92 Å². The third-order valence-electron chi connectivity index (χ3n) is 3.56. The fourth-order valence-electron chi connectivity index (χ4n) is 2.42. The van der Waals surface area contributed by atoms with Crippen LogP contribution in [0.3, 0.4) is 0 Å². The Balaban J connectivity index is 1.97. The van der Waals surface area contributed by atoms with Crippen molar-refractivity contribution in [1.82, 2.24) is 9.47 Å². The van der Waals surface area contributed by atoms with Gasteiger partial charge in [0.2, 0.25) is 0 Å². The first kappa shape index (κ1) is 16.7. The highest BCUT2D eigenvalue weighted by molar-refractivity contribution is 8.18. The van der Waals surface area contributed by atoms with Gasteiger partial charge in [0.15, 0.2) is 0 Å². The van der Waals surface area contributed by atoms with Gasteiger partial charge in [-0.15, -0.1) is 6.58 Å². The predicted octanol–water partition coefficient (Wildman–Crippen LogP) is 3.61. The van der Waals surface area contributed by atoms with Crippen LogP contribution in [0.1, 0.15) is 5.69 Å². The van der Waals surface area contributed by atoms with Crippen molar-refractivity contribution >= 4 is 34.7 Å². The van der Waals surface area contributed by atoms with Crippen LogP contribution in [0.5, 0.6) is 0 Å². The zero-order valence-electron chi connectivity index (χ0n) is 13.0. The summed E-state index contributed by atoms with van der Waals surface area (Å²) in [5.41, 5.74) is 1.21. The Morgan fingerprint density at radius 1 is 1.24 bits per heavy atom. The summed E-state index contributed by atoms with van der Waals surface area (Å²) >= 11 is 0.861. The van der Waals surface area contributed by atoms with E-state index >= 15 is 0 Å². The van der Waals surface area contributed by atoms with Crippen molar-refractivity contribution < 1.29 is 14.5 Å². The van der Waals surface area contributed by atoms with Gasteiger partial charge in [-0.2, -0.15) is 0 Å². The molecule has 7 nitrogen and oxygen atoms in total. The van der Waals surface area contributed by atoms with Gasteiger partial charge in [-0.25, -0.2) is 0 Å². The van der Waals surface area contributed by atoms with Gasteiger partial charge < -0.3 is 4.57 Å². The first-order valence-electron chi connectivity index (χ1n) is 7.29. The minimum atomic E-state index is -0.465. The van der Waals surface area contributed by atoms with Crippen molar-refractivity contribution in [3.63, 3.8) is 0 Å². The zero-order valence-corrected chi connectivity index (χ0v) is 13.8. The predicted molar refractivity (Wildman–Crippen MR) is 95.3 cm³/mol. The van der Waals surface area contributed by atoms with E-state index in [4.69, 9.17) is 0 Å². The average Bonchev–Trinajstić information content (AvgIpc) is 3.16. The summed E-state index contributed by atoms with van der Waals surface area (Å²) in [4.78, 5) is 36.1. The molecule has 2 heterocycles. The highest BCUT2D eigenvalue weighted by Crippen LogP contribution is 2.32. The van der Waals surface area contributed by atoms with Gasteiger partial charge >= 0.3 is 0 Å². The van der Waals surface area contributed by atoms with Crippen molar-refractivity contribution in [3.05, 3.63) is 76.0 Å². The van der Waals surface area contributed by atoms with Crippen LogP contribution in [-0.2, 0) is 4.79 Å². The number of aromatic nitrogens is 1. The lowest BCUT2D eigenvalue weighted by molar-refractivity contribution is -0.384. The fourth-order valence-corrected chi connectivity index (χ4v) is 3.26. The highest BCUT2D eigenvalue weighted by Gasteiger charge is 2.34. The smallest absolute Gasteiger partial charge is 0.293 e. The molecule has 0 N–H and O–H groups in total. The van der Waals surface area contributed by atoms with Gasteiger partial charge in [0.05, 0.1) is 15.5 Å². The zero-order chi connectivity index (χ0) is 18.0. The first-order valence-corrected chi connectivity index (χ1v) is 8.11. The van der Waals surface area contributed by atoms with E-state index in [1.807, 2.05) is 0 Å². The van der Waals surface area contributed by atoms with Gasteiger partial charge in [0, 0.05) is 30.6 Å². The molecule has 0 spiro atoms. The van der Waals surface area contributed by atoms with Crippen molar-refractivity contribution in [1.29, 1.82) is 0 Å². The lowest BCUT2D eigenvalue weighted by Crippen LogP contribution is -2.27. The SMILES string of the molecule is C=CCN1C(=O)S/C(=C\c2cccn2-c2cccc([N+](=O)[O-])c2)C1=O. The van der Waals surface area contributed by atoms with E-state index in [-0.39, 0.29) is 23.4 Å². The van der Waals surface area contributed by atoms with Crippen LogP contribution >= 0.6 is 11.8 Å². The van der Waals surface area contributed by atoms with E-state index in [1.165, 1.54) is 18.2 Å². The Kier molecular flexibility index (Phi) is 4.53. The number of imide groups is 1. The molecule has 0 saturated carbocycles. The third kappa shape index (κ3) is 3.24. The van der Waals surface area contributed by atoms with Crippen LogP contribution < -0.4 is 0 Å². The molecule has 1 aliphatic heterocycles. The molecule has 0 atom stereocenters. The molecule has 1 fully saturated rings. The van der Waals surface area contributed by atoms with Gasteiger partial charge in [0.25, 0.3) is 16.8 Å². The molecule has 0 bridgehead atoms. The highest BCUT2D eigenvalue weighted by atomic mass is 32.2. The maximum absolute atomic E-state index is 12.3. The van der Waals surface area contributed by atoms with Gasteiger partial charge in [0.1, 0.15) is 0 Å². The molecule has 0 aliphatic carbocycles. The number of rotatable bonds is 5. The Morgan fingerprint density at radius 3 is 2.76 bits per heavy atom. The fraction of sp³-hybridized carbons (Fsp3) is 0.0588. The number of amides is 2. The molecule has 0 unspecified atom stereocenters. The average molecular weight is 355 g/mol. The summed E-state index contributed by atoms with van der Waals surface area (Å²) in [6, 6.07) is 9.70. The Hall–Kier alpha value is -3.13. The molecule has 0 radical (unpaired) electrons. The summed E-state index contributed by atoms with van der Waals surface area (Å²) < 4.78 is 1.72. The number of carbonyl (C=O) groups excluding carboxylic acids is 2. The molecule has 2 aromatic rings. The largest absolute Gasteiger partial charge is 0.317 e. The van der Waals surface area contributed by atoms with E-state index in [0.717, 1.165) is 16.7 Å². The number of hydrogen-bond acceptors (Lipinski definition) is 5. The van der Waals surface area contributed by atoms with Crippen molar-refractivity contribution in [2.24, 2.45) is 0 Å². The van der Waals surface area contributed by atoms with Crippen LogP contribution in [0.15, 0.2) is 60.2 Å². The van der Waals surface area contributed by atoms with E-state index in [9.17, 15) is 19.7 Å². The van der Waals surface area contributed by atoms with Crippen LogP contribution in [0.25, 0.3) is 11.8 Å². The summed E-state index contributed by atoms with van der Waals surface area (Å²) in [7, 11) is 0. The molecular formula is C17H13N3O4S. The van der Waals surface area contributed by atoms with Crippen molar-refractivity contribution in [2.75, 3.05) is 6.54 Å². The number of nitro groups is 1. The molecule has 25 heavy (non-hydrogen) atoms. The minimum Gasteiger partial charge on any atom is -0.317 e. The summed E-state index contributed by atoms with van der Waals surface area (Å²) in [6.07, 6.45) is 4.83. The first-order chi connectivity index (χ1) is 12.0. The second-order valence-electron chi connectivity index (χ2n) is 5.16.